The molecule has 0 bridgehead atoms. The number of halogens is 3. The first-order chi connectivity index (χ1) is 17.0. The molecule has 0 aliphatic carbocycles. The Kier molecular flexibility index (Phi) is 7.16. The van der Waals surface area contributed by atoms with Gasteiger partial charge in [-0.2, -0.15) is 13.2 Å². The predicted octanol–water partition coefficient (Wildman–Crippen LogP) is -0.600. The summed E-state index contributed by atoms with van der Waals surface area (Å²) in [6.45, 7) is -1.54. The van der Waals surface area contributed by atoms with Crippen molar-refractivity contribution in [3.63, 3.8) is 0 Å². The molecule has 1 saturated heterocycles. The van der Waals surface area contributed by atoms with Gasteiger partial charge in [-0.1, -0.05) is 11.2 Å². The highest BCUT2D eigenvalue weighted by Gasteiger charge is 2.53. The van der Waals surface area contributed by atoms with E-state index in [0.717, 1.165) is 16.2 Å². The molecule has 2 amide bonds. The number of nitrogens with zero attached hydrogens (tertiary/aromatic N) is 4. The maximum Gasteiger partial charge on any atom is 0.425 e. The molecule has 3 N–H and O–H groups in total. The third-order valence-electron chi connectivity index (χ3n) is 5.04. The lowest BCUT2D eigenvalue weighted by molar-refractivity contribution is -0.689. The summed E-state index contributed by atoms with van der Waals surface area (Å²) in [7, 11) is 0. The van der Waals surface area contributed by atoms with E-state index in [1.165, 1.54) is 17.1 Å². The quantitative estimate of drug-likeness (QED) is 0.194. The van der Waals surface area contributed by atoms with Gasteiger partial charge in [-0.15, -0.1) is 23.1 Å². The number of rotatable bonds is 8. The Morgan fingerprint density at radius 3 is 2.67 bits per heavy atom. The molecule has 11 nitrogen and oxygen atoms in total. The molecular formula is C20H17F3N6O5S2. The maximum absolute atomic E-state index is 12.9. The Balaban J connectivity index is 1.52. The van der Waals surface area contributed by atoms with Crippen LogP contribution in [-0.4, -0.2) is 63.3 Å². The number of carbonyl (C=O) groups excluding carboxylic acids is 3. The molecular weight excluding hydrogens is 525 g/mol. The molecule has 2 aliphatic heterocycles. The number of thiazole rings is 1. The van der Waals surface area contributed by atoms with Gasteiger partial charge in [0.05, 0.1) is 11.7 Å². The van der Waals surface area contributed by atoms with E-state index in [9.17, 15) is 32.7 Å². The molecule has 0 radical (unpaired) electrons. The van der Waals surface area contributed by atoms with Crippen molar-refractivity contribution in [2.75, 3.05) is 18.1 Å². The first kappa shape index (κ1) is 25.4. The average Bonchev–Trinajstić information content (AvgIpc) is 3.25. The van der Waals surface area contributed by atoms with Gasteiger partial charge in [-0.25, -0.2) is 9.55 Å². The van der Waals surface area contributed by atoms with Crippen molar-refractivity contribution in [1.82, 2.24) is 15.2 Å². The Labute approximate surface area is 209 Å². The van der Waals surface area contributed by atoms with Gasteiger partial charge in [0.15, 0.2) is 29.8 Å². The molecule has 2 atom stereocenters. The van der Waals surface area contributed by atoms with Gasteiger partial charge in [0.25, 0.3) is 11.8 Å². The van der Waals surface area contributed by atoms with Crippen LogP contribution in [0.3, 0.4) is 0 Å². The molecule has 36 heavy (non-hydrogen) atoms. The van der Waals surface area contributed by atoms with E-state index in [1.807, 2.05) is 0 Å². The second kappa shape index (κ2) is 10.1. The number of β-lactam (4-membered cyclic amide) rings is 1. The third kappa shape index (κ3) is 5.43. The lowest BCUT2D eigenvalue weighted by Gasteiger charge is -2.50. The number of hydrogen-bond donors (Lipinski definition) is 2. The summed E-state index contributed by atoms with van der Waals surface area (Å²) >= 11 is 2.14. The molecule has 2 aromatic heterocycles. The van der Waals surface area contributed by atoms with Gasteiger partial charge >= 0.3 is 6.18 Å². The Hall–Kier alpha value is -3.66. The number of pyridine rings is 1. The average molecular weight is 543 g/mol. The van der Waals surface area contributed by atoms with Crippen molar-refractivity contribution in [3.8, 4) is 0 Å². The summed E-state index contributed by atoms with van der Waals surface area (Å²) in [5.74, 6) is -3.05. The van der Waals surface area contributed by atoms with E-state index in [2.05, 4.69) is 20.3 Å². The minimum Gasteiger partial charge on any atom is -0.543 e. The highest BCUT2D eigenvalue weighted by atomic mass is 32.2. The van der Waals surface area contributed by atoms with Crippen molar-refractivity contribution in [3.05, 3.63) is 52.9 Å². The van der Waals surface area contributed by atoms with E-state index >= 15 is 0 Å². The minimum atomic E-state index is -4.70. The smallest absolute Gasteiger partial charge is 0.425 e. The summed E-state index contributed by atoms with van der Waals surface area (Å²) in [4.78, 5) is 46.7. The number of oxime groups is 1. The number of fused-ring (bicyclic) bond motifs is 1. The van der Waals surface area contributed by atoms with E-state index in [0.29, 0.717) is 5.57 Å². The zero-order chi connectivity index (χ0) is 26.0. The molecule has 4 heterocycles. The second-order valence-corrected chi connectivity index (χ2v) is 9.54. The molecule has 0 spiro atoms. The number of alkyl halides is 3. The molecule has 2 aromatic rings. The van der Waals surface area contributed by atoms with E-state index in [-0.39, 0.29) is 28.8 Å². The highest BCUT2D eigenvalue weighted by Crippen LogP contribution is 2.40. The SMILES string of the molecule is Nc1nc(/C(=N/OCC(F)(F)F)C(=O)NC2C(=O)N3C(C(=O)[O-])=C(C[n+]4ccccc4)CS[C@H]23)cs1. The lowest BCUT2D eigenvalue weighted by Crippen LogP contribution is -2.71. The maximum atomic E-state index is 12.9. The third-order valence-corrected chi connectivity index (χ3v) is 7.06. The number of thioether (sulfide) groups is 1. The fourth-order valence-corrected chi connectivity index (χ4v) is 5.42. The largest absolute Gasteiger partial charge is 0.543 e. The molecule has 16 heteroatoms. The number of hydrogen-bond acceptors (Lipinski definition) is 10. The number of carbonyl (C=O) groups is 3. The lowest BCUT2D eigenvalue weighted by atomic mass is 10.0. The second-order valence-electron chi connectivity index (χ2n) is 7.55. The van der Waals surface area contributed by atoms with Crippen molar-refractivity contribution < 1.29 is 42.1 Å². The van der Waals surface area contributed by atoms with Crippen LogP contribution in [0.4, 0.5) is 18.3 Å². The standard InChI is InChI=1S/C20H17F3N6O5S2/c21-20(22,23)9-34-27-12(11-8-36-19(24)25-11)15(30)26-13-16(31)29-14(18(32)33)10(7-35-17(13)29)6-28-4-2-1-3-5-28/h1-5,8,13,17H,6-7,9H2,(H3-,24,25,26,30,32,33)/b27-12-/t13?,17-/m1/s1. The number of carboxylic acids is 1. The molecule has 4 rings (SSSR count). The van der Waals surface area contributed by atoms with Crippen molar-refractivity contribution in [2.45, 2.75) is 24.1 Å². The van der Waals surface area contributed by atoms with Crippen LogP contribution in [0.5, 0.6) is 0 Å². The highest BCUT2D eigenvalue weighted by molar-refractivity contribution is 8.00. The number of aliphatic carboxylic acids is 1. The first-order valence-corrected chi connectivity index (χ1v) is 12.1. The zero-order valence-electron chi connectivity index (χ0n) is 18.1. The number of carboxylic acid groups (broad SMARTS) is 1. The number of anilines is 1. The number of nitrogen functional groups attached to an aromatic ring is 1. The van der Waals surface area contributed by atoms with E-state index in [4.69, 9.17) is 5.73 Å². The van der Waals surface area contributed by atoms with Gasteiger partial charge < -0.3 is 25.8 Å². The summed E-state index contributed by atoms with van der Waals surface area (Å²) in [5.41, 5.74) is 4.96. The zero-order valence-corrected chi connectivity index (χ0v) is 19.7. The number of amides is 2. The van der Waals surface area contributed by atoms with E-state index in [1.54, 1.807) is 35.2 Å². The van der Waals surface area contributed by atoms with Gasteiger partial charge in [0, 0.05) is 28.8 Å². The Morgan fingerprint density at radius 2 is 2.06 bits per heavy atom. The normalized spacial score (nSPS) is 20.0. The van der Waals surface area contributed by atoms with Crippen LogP contribution in [0, 0.1) is 0 Å². The van der Waals surface area contributed by atoms with Crippen LogP contribution in [0.25, 0.3) is 0 Å². The topological polar surface area (TPSA) is 154 Å². The van der Waals surface area contributed by atoms with Gasteiger partial charge in [0.1, 0.15) is 17.1 Å². The fraction of sp³-hybridized carbons (Fsp3) is 0.300. The number of nitrogens with one attached hydrogen (secondary N) is 1. The number of nitrogens with two attached hydrogens (primary N) is 1. The number of aromatic nitrogens is 2. The van der Waals surface area contributed by atoms with Gasteiger partial charge in [-0.05, 0) is 0 Å². The monoisotopic (exact) mass is 542 g/mol. The summed E-state index contributed by atoms with van der Waals surface area (Å²) in [6, 6.07) is 4.18. The van der Waals surface area contributed by atoms with Crippen LogP contribution in [0.1, 0.15) is 5.69 Å². The molecule has 1 unspecified atom stereocenters. The van der Waals surface area contributed by atoms with Crippen LogP contribution in [0.15, 0.2) is 52.4 Å². The van der Waals surface area contributed by atoms with Crippen LogP contribution >= 0.6 is 23.1 Å². The minimum absolute atomic E-state index is 0.0302. The fourth-order valence-electron chi connectivity index (χ4n) is 3.53. The Morgan fingerprint density at radius 1 is 1.33 bits per heavy atom. The van der Waals surface area contributed by atoms with Gasteiger partial charge in [0.2, 0.25) is 6.61 Å². The molecule has 190 valence electrons. The van der Waals surface area contributed by atoms with E-state index < -0.39 is 47.7 Å². The summed E-state index contributed by atoms with van der Waals surface area (Å²) in [6.07, 6.45) is -1.21. The first-order valence-electron chi connectivity index (χ1n) is 10.2. The van der Waals surface area contributed by atoms with Crippen molar-refractivity contribution >= 4 is 51.7 Å². The van der Waals surface area contributed by atoms with Crippen LogP contribution in [-0.2, 0) is 25.8 Å². The molecule has 2 aliphatic rings. The van der Waals surface area contributed by atoms with Crippen molar-refractivity contribution in [2.24, 2.45) is 5.16 Å². The van der Waals surface area contributed by atoms with Crippen LogP contribution in [0.2, 0.25) is 0 Å². The predicted molar refractivity (Wildman–Crippen MR) is 119 cm³/mol. The van der Waals surface area contributed by atoms with Crippen molar-refractivity contribution in [1.29, 1.82) is 0 Å². The Bertz CT molecular complexity index is 1250. The van der Waals surface area contributed by atoms with Crippen LogP contribution < -0.4 is 20.7 Å². The summed E-state index contributed by atoms with van der Waals surface area (Å²) < 4.78 is 39.1. The molecule has 0 aromatic carbocycles. The summed E-state index contributed by atoms with van der Waals surface area (Å²) in [5, 5.41) is 18.1. The van der Waals surface area contributed by atoms with Gasteiger partial charge in [-0.3, -0.25) is 14.5 Å². The molecule has 1 fully saturated rings. The molecule has 0 saturated carbocycles.